The molecule has 36 heavy (non-hydrogen) atoms. The van der Waals surface area contributed by atoms with Gasteiger partial charge in [0.25, 0.3) is 0 Å². The first-order chi connectivity index (χ1) is 17.7. The van der Waals surface area contributed by atoms with E-state index in [2.05, 4.69) is 85.0 Å². The molecule has 4 unspecified atom stereocenters. The van der Waals surface area contributed by atoms with Gasteiger partial charge in [-0.1, -0.05) is 54.6 Å². The van der Waals surface area contributed by atoms with Gasteiger partial charge in [-0.25, -0.2) is 9.97 Å². The fourth-order valence-corrected chi connectivity index (χ4v) is 6.10. The Balaban J connectivity index is 1.14. The summed E-state index contributed by atoms with van der Waals surface area (Å²) in [4.78, 5) is 26.2. The summed E-state index contributed by atoms with van der Waals surface area (Å²) in [7, 11) is 0. The highest BCUT2D eigenvalue weighted by Crippen LogP contribution is 2.42. The second-order valence-corrected chi connectivity index (χ2v) is 10.2. The van der Waals surface area contributed by atoms with Crippen LogP contribution in [0.3, 0.4) is 0 Å². The third-order valence-electron chi connectivity index (χ3n) is 8.06. The maximum atomic E-state index is 12.6. The van der Waals surface area contributed by atoms with Crippen LogP contribution in [0.4, 0.5) is 5.95 Å². The normalized spacial score (nSPS) is 26.8. The van der Waals surface area contributed by atoms with E-state index in [0.29, 0.717) is 0 Å². The number of benzene rings is 2. The standard InChI is InChI=1S/C29H34N6O/c36-28-25-19-24(22-5-2-1-3-6-22)27(33-26(25)11-14-30-28)23-9-7-21(8-10-23)20-34-15-17-35(18-16-34)29-31-12-4-13-32-29/h1-10,12-13,24-27,33H,11,14-20H2,(H,30,36). The first kappa shape index (κ1) is 23.1. The number of nitrogens with one attached hydrogen (secondary N) is 2. The molecule has 2 N–H and O–H groups in total. The van der Waals surface area contributed by atoms with Gasteiger partial charge in [0.2, 0.25) is 11.9 Å². The fraction of sp³-hybridized carbons (Fsp3) is 0.414. The highest BCUT2D eigenvalue weighted by Gasteiger charge is 2.42. The number of piperidine rings is 2. The van der Waals surface area contributed by atoms with Gasteiger partial charge >= 0.3 is 0 Å². The van der Waals surface area contributed by atoms with Crippen molar-refractivity contribution in [1.82, 2.24) is 25.5 Å². The largest absolute Gasteiger partial charge is 0.356 e. The zero-order valence-electron chi connectivity index (χ0n) is 20.6. The summed E-state index contributed by atoms with van der Waals surface area (Å²) in [6.45, 7) is 5.62. The number of hydrogen-bond donors (Lipinski definition) is 2. The Kier molecular flexibility index (Phi) is 6.66. The molecule has 3 aliphatic rings. The third kappa shape index (κ3) is 4.86. The van der Waals surface area contributed by atoms with Gasteiger partial charge in [-0.3, -0.25) is 9.69 Å². The highest BCUT2D eigenvalue weighted by molar-refractivity contribution is 5.80. The molecule has 3 aliphatic heterocycles. The van der Waals surface area contributed by atoms with E-state index in [0.717, 1.165) is 58.1 Å². The van der Waals surface area contributed by atoms with Crippen molar-refractivity contribution in [3.05, 3.63) is 89.7 Å². The highest BCUT2D eigenvalue weighted by atomic mass is 16.2. The molecular formula is C29H34N6O. The monoisotopic (exact) mass is 482 g/mol. The number of carbonyl (C=O) groups excluding carboxylic acids is 1. The molecule has 0 bridgehead atoms. The van der Waals surface area contributed by atoms with Gasteiger partial charge in [0, 0.05) is 69.7 Å². The van der Waals surface area contributed by atoms with Crippen LogP contribution in [0.5, 0.6) is 0 Å². The molecule has 2 aromatic carbocycles. The summed E-state index contributed by atoms with van der Waals surface area (Å²) in [5.74, 6) is 1.34. The zero-order chi connectivity index (χ0) is 24.3. The molecule has 4 heterocycles. The molecule has 7 heteroatoms. The number of anilines is 1. The molecule has 3 aromatic rings. The Morgan fingerprint density at radius 2 is 1.58 bits per heavy atom. The van der Waals surface area contributed by atoms with Gasteiger partial charge in [-0.2, -0.15) is 0 Å². The molecule has 1 aromatic heterocycles. The number of nitrogens with zero attached hydrogens (tertiary/aromatic N) is 4. The number of piperazine rings is 1. The Morgan fingerprint density at radius 1 is 0.833 bits per heavy atom. The van der Waals surface area contributed by atoms with E-state index in [1.54, 1.807) is 0 Å². The zero-order valence-corrected chi connectivity index (χ0v) is 20.6. The molecule has 1 amide bonds. The Morgan fingerprint density at radius 3 is 2.33 bits per heavy atom. The predicted octanol–water partition coefficient (Wildman–Crippen LogP) is 3.12. The number of aromatic nitrogens is 2. The Labute approximate surface area is 212 Å². The minimum Gasteiger partial charge on any atom is -0.356 e. The number of carbonyl (C=O) groups is 1. The van der Waals surface area contributed by atoms with Crippen LogP contribution >= 0.6 is 0 Å². The molecule has 4 atom stereocenters. The van der Waals surface area contributed by atoms with Crippen molar-refractivity contribution in [3.63, 3.8) is 0 Å². The number of rotatable bonds is 5. The topological polar surface area (TPSA) is 73.4 Å². The Bertz CT molecular complexity index is 1150. The summed E-state index contributed by atoms with van der Waals surface area (Å²) < 4.78 is 0. The molecule has 3 saturated heterocycles. The second-order valence-electron chi connectivity index (χ2n) is 10.2. The van der Waals surface area contributed by atoms with E-state index in [-0.39, 0.29) is 29.8 Å². The molecule has 7 nitrogen and oxygen atoms in total. The van der Waals surface area contributed by atoms with E-state index in [1.165, 1.54) is 16.7 Å². The fourth-order valence-electron chi connectivity index (χ4n) is 6.10. The van der Waals surface area contributed by atoms with Crippen LogP contribution in [0.1, 0.15) is 41.5 Å². The number of amides is 1. The maximum Gasteiger partial charge on any atom is 0.225 e. The van der Waals surface area contributed by atoms with Crippen molar-refractivity contribution >= 4 is 11.9 Å². The van der Waals surface area contributed by atoms with Gasteiger partial charge in [0.15, 0.2) is 0 Å². The van der Waals surface area contributed by atoms with Crippen LogP contribution in [0.15, 0.2) is 73.1 Å². The van der Waals surface area contributed by atoms with Crippen molar-refractivity contribution in [2.24, 2.45) is 5.92 Å². The van der Waals surface area contributed by atoms with E-state index in [4.69, 9.17) is 0 Å². The molecule has 0 aliphatic carbocycles. The van der Waals surface area contributed by atoms with E-state index >= 15 is 0 Å². The lowest BCUT2D eigenvalue weighted by molar-refractivity contribution is -0.129. The third-order valence-corrected chi connectivity index (χ3v) is 8.06. The summed E-state index contributed by atoms with van der Waals surface area (Å²) in [6, 6.07) is 22.1. The molecule has 6 rings (SSSR count). The Hall–Kier alpha value is -3.29. The van der Waals surface area contributed by atoms with Gasteiger partial charge < -0.3 is 15.5 Å². The average Bonchev–Trinajstić information content (AvgIpc) is 2.94. The molecule has 0 spiro atoms. The van der Waals surface area contributed by atoms with Crippen molar-refractivity contribution in [1.29, 1.82) is 0 Å². The minimum atomic E-state index is 0.0411. The van der Waals surface area contributed by atoms with Gasteiger partial charge in [0.1, 0.15) is 0 Å². The minimum absolute atomic E-state index is 0.0411. The maximum absolute atomic E-state index is 12.6. The van der Waals surface area contributed by atoms with Crippen LogP contribution in [0.2, 0.25) is 0 Å². The molecule has 3 fully saturated rings. The predicted molar refractivity (Wildman–Crippen MR) is 141 cm³/mol. The van der Waals surface area contributed by atoms with Crippen LogP contribution in [0, 0.1) is 5.92 Å². The first-order valence-electron chi connectivity index (χ1n) is 13.2. The van der Waals surface area contributed by atoms with Crippen molar-refractivity contribution in [2.75, 3.05) is 37.6 Å². The molecule has 186 valence electrons. The van der Waals surface area contributed by atoms with Crippen molar-refractivity contribution < 1.29 is 4.79 Å². The van der Waals surface area contributed by atoms with E-state index in [1.807, 2.05) is 18.5 Å². The lowest BCUT2D eigenvalue weighted by Gasteiger charge is -2.44. The smallest absolute Gasteiger partial charge is 0.225 e. The summed E-state index contributed by atoms with van der Waals surface area (Å²) in [6.07, 6.45) is 5.49. The van der Waals surface area contributed by atoms with Crippen LogP contribution < -0.4 is 15.5 Å². The quantitative estimate of drug-likeness (QED) is 0.582. The number of hydrogen-bond acceptors (Lipinski definition) is 6. The lowest BCUT2D eigenvalue weighted by atomic mass is 9.72. The summed E-state index contributed by atoms with van der Waals surface area (Å²) >= 11 is 0. The second kappa shape index (κ2) is 10.4. The molecule has 0 radical (unpaired) electrons. The van der Waals surface area contributed by atoms with Gasteiger partial charge in [-0.05, 0) is 35.6 Å². The lowest BCUT2D eigenvalue weighted by Crippen LogP contribution is -2.56. The molecular weight excluding hydrogens is 448 g/mol. The van der Waals surface area contributed by atoms with Gasteiger partial charge in [0.05, 0.1) is 5.92 Å². The van der Waals surface area contributed by atoms with Crippen LogP contribution in [-0.2, 0) is 11.3 Å². The van der Waals surface area contributed by atoms with Crippen LogP contribution in [0.25, 0.3) is 0 Å². The average molecular weight is 483 g/mol. The SMILES string of the molecule is O=C1NCCC2NC(c3ccc(CN4CCN(c5ncccn5)CC4)cc3)C(c3ccccc3)CC12. The summed E-state index contributed by atoms with van der Waals surface area (Å²) in [5, 5.41) is 6.96. The first-order valence-corrected chi connectivity index (χ1v) is 13.2. The van der Waals surface area contributed by atoms with E-state index < -0.39 is 0 Å². The number of fused-ring (bicyclic) bond motifs is 1. The summed E-state index contributed by atoms with van der Waals surface area (Å²) in [5.41, 5.74) is 3.95. The van der Waals surface area contributed by atoms with Crippen molar-refractivity contribution in [2.45, 2.75) is 37.4 Å². The van der Waals surface area contributed by atoms with E-state index in [9.17, 15) is 4.79 Å². The molecule has 0 saturated carbocycles. The van der Waals surface area contributed by atoms with Gasteiger partial charge in [-0.15, -0.1) is 0 Å². The van der Waals surface area contributed by atoms with Crippen LogP contribution in [-0.4, -0.2) is 59.5 Å². The van der Waals surface area contributed by atoms with Crippen molar-refractivity contribution in [3.8, 4) is 0 Å².